The number of halogens is 1. The van der Waals surface area contributed by atoms with Gasteiger partial charge in [-0.1, -0.05) is 54.6 Å². The van der Waals surface area contributed by atoms with Crippen LogP contribution in [-0.2, 0) is 0 Å². The predicted molar refractivity (Wildman–Crippen MR) is 112 cm³/mol. The monoisotopic (exact) mass is 387 g/mol. The minimum atomic E-state index is -0.313. The first-order valence-corrected chi connectivity index (χ1v) is 9.92. The van der Waals surface area contributed by atoms with Gasteiger partial charge < -0.3 is 15.5 Å². The molecule has 1 unspecified atom stereocenters. The highest BCUT2D eigenvalue weighted by Gasteiger charge is 2.53. The highest BCUT2D eigenvalue weighted by Crippen LogP contribution is 2.43. The van der Waals surface area contributed by atoms with Crippen LogP contribution in [0.3, 0.4) is 0 Å². The van der Waals surface area contributed by atoms with Crippen molar-refractivity contribution in [2.45, 2.75) is 18.0 Å². The van der Waals surface area contributed by atoms with E-state index in [1.807, 2.05) is 23.1 Å². The number of nitrogens with zero attached hydrogens (tertiary/aromatic N) is 1. The standard InChI is InChI=1S/C24H22FN3O/c25-19-10-12-20(13-11-19)27-24(29)28-21-14-26-15-22(28)23(21)18-8-6-17(7-9-18)16-4-2-1-3-5-16/h1-13,21-23,26H,14-15H2,(H,27,29)/t21-,22+,23?. The van der Waals surface area contributed by atoms with Crippen LogP contribution in [0, 0.1) is 5.82 Å². The lowest BCUT2D eigenvalue weighted by molar-refractivity contribution is 0.00202. The lowest BCUT2D eigenvalue weighted by atomic mass is 9.72. The van der Waals surface area contributed by atoms with E-state index in [1.54, 1.807) is 12.1 Å². The maximum Gasteiger partial charge on any atom is 0.322 e. The summed E-state index contributed by atoms with van der Waals surface area (Å²) >= 11 is 0. The molecule has 2 amide bonds. The van der Waals surface area contributed by atoms with Crippen LogP contribution in [0.2, 0.25) is 0 Å². The van der Waals surface area contributed by atoms with Gasteiger partial charge in [-0.05, 0) is 41.0 Å². The topological polar surface area (TPSA) is 44.4 Å². The number of urea groups is 1. The van der Waals surface area contributed by atoms with Crippen LogP contribution in [-0.4, -0.2) is 36.1 Å². The number of rotatable bonds is 3. The van der Waals surface area contributed by atoms with Crippen molar-refractivity contribution >= 4 is 11.7 Å². The fourth-order valence-corrected chi connectivity index (χ4v) is 4.57. The van der Waals surface area contributed by atoms with Gasteiger partial charge in [0, 0.05) is 24.7 Å². The number of anilines is 1. The number of piperidine rings is 1. The SMILES string of the molecule is O=C(Nc1ccc(F)cc1)N1[C@@H]2CNC[C@H]1C2c1ccc(-c2ccccc2)cc1. The number of hydrogen-bond donors (Lipinski definition) is 2. The first kappa shape index (κ1) is 17.9. The zero-order valence-corrected chi connectivity index (χ0v) is 15.9. The summed E-state index contributed by atoms with van der Waals surface area (Å²) in [5.74, 6) is 0.0204. The van der Waals surface area contributed by atoms with E-state index in [0.29, 0.717) is 11.6 Å². The van der Waals surface area contributed by atoms with E-state index < -0.39 is 0 Å². The van der Waals surface area contributed by atoms with Crippen molar-refractivity contribution in [3.8, 4) is 11.1 Å². The van der Waals surface area contributed by atoms with Crippen LogP contribution in [0.15, 0.2) is 78.9 Å². The predicted octanol–water partition coefficient (Wildman–Crippen LogP) is 4.46. The number of benzene rings is 3. The van der Waals surface area contributed by atoms with Crippen LogP contribution >= 0.6 is 0 Å². The summed E-state index contributed by atoms with van der Waals surface area (Å²) in [6.45, 7) is 1.55. The highest BCUT2D eigenvalue weighted by atomic mass is 19.1. The third-order valence-electron chi connectivity index (χ3n) is 5.98. The van der Waals surface area contributed by atoms with Gasteiger partial charge in [0.15, 0.2) is 0 Å². The van der Waals surface area contributed by atoms with Gasteiger partial charge in [-0.2, -0.15) is 0 Å². The van der Waals surface area contributed by atoms with E-state index in [9.17, 15) is 9.18 Å². The fraction of sp³-hybridized carbons (Fsp3) is 0.208. The van der Waals surface area contributed by atoms with Gasteiger partial charge in [-0.15, -0.1) is 0 Å². The average Bonchev–Trinajstić information content (AvgIpc) is 2.77. The van der Waals surface area contributed by atoms with E-state index in [1.165, 1.54) is 28.8 Å². The summed E-state index contributed by atoms with van der Waals surface area (Å²) in [7, 11) is 0. The van der Waals surface area contributed by atoms with Crippen LogP contribution < -0.4 is 10.6 Å². The average molecular weight is 387 g/mol. The van der Waals surface area contributed by atoms with Crippen molar-refractivity contribution in [2.75, 3.05) is 18.4 Å². The van der Waals surface area contributed by atoms with E-state index in [4.69, 9.17) is 0 Å². The number of piperazine rings is 1. The van der Waals surface area contributed by atoms with Crippen LogP contribution in [0.5, 0.6) is 0 Å². The van der Waals surface area contributed by atoms with Gasteiger partial charge in [0.2, 0.25) is 0 Å². The Hall–Kier alpha value is -3.18. The molecule has 0 saturated carbocycles. The molecule has 29 heavy (non-hydrogen) atoms. The third-order valence-corrected chi connectivity index (χ3v) is 5.98. The molecule has 4 nitrogen and oxygen atoms in total. The molecule has 2 N–H and O–H groups in total. The Morgan fingerprint density at radius 1 is 0.862 bits per heavy atom. The molecular weight excluding hydrogens is 365 g/mol. The molecule has 3 atom stereocenters. The maximum absolute atomic E-state index is 13.1. The number of carbonyl (C=O) groups excluding carboxylic acids is 1. The van der Waals surface area contributed by atoms with Crippen molar-refractivity contribution in [3.63, 3.8) is 0 Å². The molecule has 2 aliphatic rings. The summed E-state index contributed by atoms with van der Waals surface area (Å²) < 4.78 is 13.1. The summed E-state index contributed by atoms with van der Waals surface area (Å²) in [6, 6.07) is 25.0. The number of fused-ring (bicyclic) bond motifs is 2. The highest BCUT2D eigenvalue weighted by molar-refractivity contribution is 5.91. The molecular formula is C24H22FN3O. The molecule has 3 aromatic carbocycles. The molecule has 2 saturated heterocycles. The van der Waals surface area contributed by atoms with Gasteiger partial charge in [-0.25, -0.2) is 9.18 Å². The Morgan fingerprint density at radius 2 is 1.48 bits per heavy atom. The second-order valence-electron chi connectivity index (χ2n) is 7.65. The smallest absolute Gasteiger partial charge is 0.315 e. The van der Waals surface area contributed by atoms with Crippen LogP contribution in [0.1, 0.15) is 11.5 Å². The molecule has 146 valence electrons. The molecule has 5 heteroatoms. The Balaban J connectivity index is 1.31. The fourth-order valence-electron chi connectivity index (χ4n) is 4.57. The second kappa shape index (κ2) is 7.33. The third kappa shape index (κ3) is 3.28. The summed E-state index contributed by atoms with van der Waals surface area (Å²) in [5, 5.41) is 6.30. The maximum atomic E-state index is 13.1. The first-order chi connectivity index (χ1) is 14.2. The normalized spacial score (nSPS) is 22.7. The zero-order valence-electron chi connectivity index (χ0n) is 15.9. The molecule has 0 spiro atoms. The van der Waals surface area contributed by atoms with Gasteiger partial charge >= 0.3 is 6.03 Å². The van der Waals surface area contributed by atoms with Crippen LogP contribution in [0.25, 0.3) is 11.1 Å². The Kier molecular flexibility index (Phi) is 4.52. The van der Waals surface area contributed by atoms with E-state index in [2.05, 4.69) is 47.0 Å². The molecule has 2 aliphatic heterocycles. The molecule has 2 fully saturated rings. The zero-order chi connectivity index (χ0) is 19.8. The Morgan fingerprint density at radius 3 is 2.14 bits per heavy atom. The number of carbonyl (C=O) groups is 1. The van der Waals surface area contributed by atoms with Crippen molar-refractivity contribution < 1.29 is 9.18 Å². The summed E-state index contributed by atoms with van der Waals surface area (Å²) in [4.78, 5) is 14.7. The van der Waals surface area contributed by atoms with Crippen molar-refractivity contribution in [1.29, 1.82) is 0 Å². The molecule has 0 aliphatic carbocycles. The second-order valence-corrected chi connectivity index (χ2v) is 7.65. The van der Waals surface area contributed by atoms with Crippen LogP contribution in [0.4, 0.5) is 14.9 Å². The van der Waals surface area contributed by atoms with E-state index in [0.717, 1.165) is 13.1 Å². The molecule has 3 aromatic rings. The Labute approximate surface area is 169 Å². The van der Waals surface area contributed by atoms with Gasteiger partial charge in [0.05, 0.1) is 12.1 Å². The Bertz CT molecular complexity index is 993. The summed E-state index contributed by atoms with van der Waals surface area (Å²) in [5.41, 5.74) is 4.28. The largest absolute Gasteiger partial charge is 0.322 e. The quantitative estimate of drug-likeness (QED) is 0.697. The summed E-state index contributed by atoms with van der Waals surface area (Å²) in [6.07, 6.45) is 0. The number of amides is 2. The lowest BCUT2D eigenvalue weighted by Gasteiger charge is -2.59. The van der Waals surface area contributed by atoms with Crippen molar-refractivity contribution in [2.24, 2.45) is 0 Å². The molecule has 2 bridgehead atoms. The van der Waals surface area contributed by atoms with Gasteiger partial charge in [0.25, 0.3) is 0 Å². The lowest BCUT2D eigenvalue weighted by Crippen LogP contribution is -2.74. The van der Waals surface area contributed by atoms with Crippen molar-refractivity contribution in [1.82, 2.24) is 10.2 Å². The molecule has 5 rings (SSSR count). The van der Waals surface area contributed by atoms with Gasteiger partial charge in [0.1, 0.15) is 5.82 Å². The van der Waals surface area contributed by atoms with E-state index >= 15 is 0 Å². The number of hydrogen-bond acceptors (Lipinski definition) is 2. The first-order valence-electron chi connectivity index (χ1n) is 9.92. The molecule has 2 heterocycles. The molecule has 0 radical (unpaired) electrons. The van der Waals surface area contributed by atoms with Gasteiger partial charge in [-0.3, -0.25) is 0 Å². The number of nitrogens with one attached hydrogen (secondary N) is 2. The van der Waals surface area contributed by atoms with E-state index in [-0.39, 0.29) is 23.9 Å². The minimum absolute atomic E-state index is 0.120. The van der Waals surface area contributed by atoms with Crippen molar-refractivity contribution in [3.05, 3.63) is 90.2 Å². The minimum Gasteiger partial charge on any atom is -0.315 e. The molecule has 0 aromatic heterocycles.